The second-order valence-corrected chi connectivity index (χ2v) is 6.02. The fourth-order valence-electron chi connectivity index (χ4n) is 2.23. The molecule has 0 fully saturated rings. The van der Waals surface area contributed by atoms with E-state index in [0.29, 0.717) is 18.1 Å². The van der Waals surface area contributed by atoms with E-state index in [1.54, 1.807) is 0 Å². The molecule has 1 amide bonds. The molecule has 0 bridgehead atoms. The number of halogens is 1. The zero-order valence-corrected chi connectivity index (χ0v) is 12.4. The molecule has 0 saturated carbocycles. The van der Waals surface area contributed by atoms with E-state index < -0.39 is 0 Å². The van der Waals surface area contributed by atoms with Crippen LogP contribution in [-0.4, -0.2) is 10.9 Å². The molecular formula is C14H14ClN3OS. The number of hydrogen-bond donors (Lipinski definition) is 2. The van der Waals surface area contributed by atoms with Crippen LogP contribution in [0, 0.1) is 0 Å². The van der Waals surface area contributed by atoms with E-state index in [0.717, 1.165) is 29.2 Å². The molecule has 4 nitrogen and oxygen atoms in total. The first-order chi connectivity index (χ1) is 9.70. The Bertz CT molecular complexity index is 641. The van der Waals surface area contributed by atoms with Gasteiger partial charge in [0, 0.05) is 23.2 Å². The molecule has 0 atom stereocenters. The number of benzene rings is 1. The zero-order valence-electron chi connectivity index (χ0n) is 10.8. The Morgan fingerprint density at radius 2 is 2.30 bits per heavy atom. The smallest absolute Gasteiger partial charge is 0.224 e. The SMILES string of the molecule is O=C1CCCc2cc(NCc3nc(Cl)cs3)ccc2N1. The number of nitrogens with zero attached hydrogens (tertiary/aromatic N) is 1. The summed E-state index contributed by atoms with van der Waals surface area (Å²) in [7, 11) is 0. The van der Waals surface area contributed by atoms with Crippen molar-refractivity contribution in [2.24, 2.45) is 0 Å². The van der Waals surface area contributed by atoms with E-state index >= 15 is 0 Å². The normalized spacial score (nSPS) is 14.3. The summed E-state index contributed by atoms with van der Waals surface area (Å²) in [5.74, 6) is 0.0990. The number of hydrogen-bond acceptors (Lipinski definition) is 4. The molecule has 3 rings (SSSR count). The third kappa shape index (κ3) is 3.11. The molecule has 2 N–H and O–H groups in total. The molecule has 0 spiro atoms. The predicted molar refractivity (Wildman–Crippen MR) is 82.5 cm³/mol. The Morgan fingerprint density at radius 1 is 1.40 bits per heavy atom. The highest BCUT2D eigenvalue weighted by Gasteiger charge is 2.12. The lowest BCUT2D eigenvalue weighted by Gasteiger charge is -2.10. The number of anilines is 2. The predicted octanol–water partition coefficient (Wildman–Crippen LogP) is 3.68. The minimum atomic E-state index is 0.0990. The van der Waals surface area contributed by atoms with E-state index in [1.807, 2.05) is 17.5 Å². The Hall–Kier alpha value is -1.59. The van der Waals surface area contributed by atoms with E-state index in [2.05, 4.69) is 21.7 Å². The van der Waals surface area contributed by atoms with Crippen LogP contribution in [0.1, 0.15) is 23.4 Å². The minimum Gasteiger partial charge on any atom is -0.379 e. The van der Waals surface area contributed by atoms with Gasteiger partial charge in [-0.25, -0.2) is 4.98 Å². The summed E-state index contributed by atoms with van der Waals surface area (Å²) in [6.07, 6.45) is 2.41. The Kier molecular flexibility index (Phi) is 3.89. The van der Waals surface area contributed by atoms with Crippen LogP contribution in [0.2, 0.25) is 5.15 Å². The van der Waals surface area contributed by atoms with Gasteiger partial charge in [0.1, 0.15) is 10.2 Å². The maximum atomic E-state index is 11.5. The summed E-state index contributed by atoms with van der Waals surface area (Å²) >= 11 is 7.34. The number of aryl methyl sites for hydroxylation is 1. The molecule has 20 heavy (non-hydrogen) atoms. The van der Waals surface area contributed by atoms with Gasteiger partial charge >= 0.3 is 0 Å². The number of aromatic nitrogens is 1. The van der Waals surface area contributed by atoms with Gasteiger partial charge in [-0.3, -0.25) is 4.79 Å². The van der Waals surface area contributed by atoms with Crippen molar-refractivity contribution >= 4 is 40.2 Å². The monoisotopic (exact) mass is 307 g/mol. The molecule has 1 aromatic heterocycles. The molecule has 1 aliphatic rings. The highest BCUT2D eigenvalue weighted by molar-refractivity contribution is 7.10. The first-order valence-corrected chi connectivity index (χ1v) is 7.73. The molecule has 0 unspecified atom stereocenters. The van der Waals surface area contributed by atoms with Gasteiger partial charge in [0.15, 0.2) is 0 Å². The van der Waals surface area contributed by atoms with Crippen LogP contribution in [0.15, 0.2) is 23.6 Å². The quantitative estimate of drug-likeness (QED) is 0.909. The van der Waals surface area contributed by atoms with Crippen molar-refractivity contribution in [2.75, 3.05) is 10.6 Å². The number of amides is 1. The third-order valence-electron chi connectivity index (χ3n) is 3.20. The minimum absolute atomic E-state index is 0.0990. The molecule has 0 aliphatic carbocycles. The van der Waals surface area contributed by atoms with Crippen molar-refractivity contribution in [1.29, 1.82) is 0 Å². The van der Waals surface area contributed by atoms with E-state index in [1.165, 1.54) is 16.9 Å². The van der Waals surface area contributed by atoms with Gasteiger partial charge in [-0.1, -0.05) is 11.6 Å². The second-order valence-electron chi connectivity index (χ2n) is 4.69. The van der Waals surface area contributed by atoms with Crippen LogP contribution in [0.25, 0.3) is 0 Å². The topological polar surface area (TPSA) is 54.0 Å². The van der Waals surface area contributed by atoms with E-state index in [-0.39, 0.29) is 5.91 Å². The van der Waals surface area contributed by atoms with Crippen molar-refractivity contribution in [2.45, 2.75) is 25.8 Å². The molecule has 1 aliphatic heterocycles. The van der Waals surface area contributed by atoms with Crippen LogP contribution < -0.4 is 10.6 Å². The average molecular weight is 308 g/mol. The number of carbonyl (C=O) groups is 1. The van der Waals surface area contributed by atoms with Crippen LogP contribution in [0.4, 0.5) is 11.4 Å². The van der Waals surface area contributed by atoms with Crippen LogP contribution in [0.5, 0.6) is 0 Å². The lowest BCUT2D eigenvalue weighted by atomic mass is 10.1. The first-order valence-electron chi connectivity index (χ1n) is 6.47. The van der Waals surface area contributed by atoms with Gasteiger partial charge in [0.05, 0.1) is 6.54 Å². The Morgan fingerprint density at radius 3 is 3.10 bits per heavy atom. The van der Waals surface area contributed by atoms with Crippen LogP contribution >= 0.6 is 22.9 Å². The van der Waals surface area contributed by atoms with E-state index in [4.69, 9.17) is 11.6 Å². The second kappa shape index (κ2) is 5.81. The van der Waals surface area contributed by atoms with Gasteiger partial charge in [-0.2, -0.15) is 0 Å². The lowest BCUT2D eigenvalue weighted by Crippen LogP contribution is -2.09. The number of rotatable bonds is 3. The van der Waals surface area contributed by atoms with Crippen molar-refractivity contribution in [1.82, 2.24) is 4.98 Å². The van der Waals surface area contributed by atoms with Crippen molar-refractivity contribution in [3.05, 3.63) is 39.3 Å². The lowest BCUT2D eigenvalue weighted by molar-refractivity contribution is -0.116. The molecule has 2 heterocycles. The number of carbonyl (C=O) groups excluding carboxylic acids is 1. The number of thiazole rings is 1. The molecule has 0 saturated heterocycles. The van der Waals surface area contributed by atoms with Gasteiger partial charge in [-0.15, -0.1) is 11.3 Å². The van der Waals surface area contributed by atoms with Gasteiger partial charge < -0.3 is 10.6 Å². The Balaban J connectivity index is 1.72. The zero-order chi connectivity index (χ0) is 13.9. The molecular weight excluding hydrogens is 294 g/mol. The van der Waals surface area contributed by atoms with E-state index in [9.17, 15) is 4.79 Å². The number of nitrogens with one attached hydrogen (secondary N) is 2. The largest absolute Gasteiger partial charge is 0.379 e. The highest BCUT2D eigenvalue weighted by Crippen LogP contribution is 2.26. The number of fused-ring (bicyclic) bond motifs is 1. The van der Waals surface area contributed by atoms with Gasteiger partial charge in [0.2, 0.25) is 5.91 Å². The van der Waals surface area contributed by atoms with Crippen molar-refractivity contribution in [3.63, 3.8) is 0 Å². The van der Waals surface area contributed by atoms with Crippen LogP contribution in [0.3, 0.4) is 0 Å². The maximum Gasteiger partial charge on any atom is 0.224 e. The molecule has 6 heteroatoms. The summed E-state index contributed by atoms with van der Waals surface area (Å²) in [4.78, 5) is 15.7. The summed E-state index contributed by atoms with van der Waals surface area (Å²) in [6, 6.07) is 6.02. The van der Waals surface area contributed by atoms with Crippen LogP contribution in [-0.2, 0) is 17.8 Å². The summed E-state index contributed by atoms with van der Waals surface area (Å²) in [5.41, 5.74) is 3.14. The summed E-state index contributed by atoms with van der Waals surface area (Å²) < 4.78 is 0. The van der Waals surface area contributed by atoms with Crippen molar-refractivity contribution < 1.29 is 4.79 Å². The standard InChI is InChI=1S/C14H14ClN3OS/c15-12-8-20-14(18-12)7-16-10-4-5-11-9(6-10)2-1-3-13(19)17-11/h4-6,8,16H,1-3,7H2,(H,17,19). The molecule has 1 aromatic carbocycles. The fraction of sp³-hybridized carbons (Fsp3) is 0.286. The highest BCUT2D eigenvalue weighted by atomic mass is 35.5. The first kappa shape index (κ1) is 13.4. The van der Waals surface area contributed by atoms with Gasteiger partial charge in [-0.05, 0) is 36.6 Å². The molecule has 104 valence electrons. The van der Waals surface area contributed by atoms with Gasteiger partial charge in [0.25, 0.3) is 0 Å². The van der Waals surface area contributed by atoms with Crippen molar-refractivity contribution in [3.8, 4) is 0 Å². The molecule has 2 aromatic rings. The maximum absolute atomic E-state index is 11.5. The Labute approximate surface area is 126 Å². The molecule has 0 radical (unpaired) electrons. The third-order valence-corrected chi connectivity index (χ3v) is 4.37. The average Bonchev–Trinajstić information content (AvgIpc) is 2.75. The summed E-state index contributed by atoms with van der Waals surface area (Å²) in [6.45, 7) is 0.655. The fourth-order valence-corrected chi connectivity index (χ4v) is 3.11. The summed E-state index contributed by atoms with van der Waals surface area (Å²) in [5, 5.41) is 9.58.